The second kappa shape index (κ2) is 4.41. The number of fused-ring (bicyclic) bond motifs is 1. The molecule has 3 nitrogen and oxygen atoms in total. The van der Waals surface area contributed by atoms with Gasteiger partial charge in [-0.2, -0.15) is 9.97 Å². The molecule has 3 aromatic rings. The summed E-state index contributed by atoms with van der Waals surface area (Å²) < 4.78 is 0. The fourth-order valence-electron chi connectivity index (χ4n) is 8.75. The van der Waals surface area contributed by atoms with Gasteiger partial charge in [0.15, 0.2) is 11.6 Å². The summed E-state index contributed by atoms with van der Waals surface area (Å²) in [5.41, 5.74) is 6.27. The zero-order chi connectivity index (χ0) is 19.1. The SMILES string of the molecule is Clc1nc(-c2ccccc2)nc(-c2cccc(C34C[C@@H]5CC67CC6(C3)C57C4)c2)n1. The molecular weight excluding hydrogens is 378 g/mol. The number of nitrogens with zero attached hydrogens (tertiary/aromatic N) is 3. The second-order valence-electron chi connectivity index (χ2n) is 10.2. The highest BCUT2D eigenvalue weighted by molar-refractivity contribution is 6.28. The standard InChI is InChI=1S/C25H20ClN3/c26-21-28-19(15-5-2-1-3-6-15)27-20(29-21)16-7-4-8-17(9-16)22-10-18-11-23-14-24(23,12-22)25(18,23)13-22/h1-9,18H,10-14H2/t18-,22?,23?,24?,25?/m1/s1. The van der Waals surface area contributed by atoms with Crippen molar-refractivity contribution in [2.75, 3.05) is 0 Å². The molecule has 8 rings (SSSR count). The van der Waals surface area contributed by atoms with E-state index in [1.165, 1.54) is 37.7 Å². The van der Waals surface area contributed by atoms with Crippen LogP contribution < -0.4 is 0 Å². The van der Waals surface area contributed by atoms with Crippen LogP contribution >= 0.6 is 11.6 Å². The van der Waals surface area contributed by atoms with E-state index in [4.69, 9.17) is 16.6 Å². The summed E-state index contributed by atoms with van der Waals surface area (Å²) >= 11 is 6.29. The van der Waals surface area contributed by atoms with Gasteiger partial charge in [0.1, 0.15) is 0 Å². The van der Waals surface area contributed by atoms with Crippen molar-refractivity contribution in [1.29, 1.82) is 0 Å². The molecule has 0 N–H and O–H groups in total. The number of aromatic nitrogens is 3. The largest absolute Gasteiger partial charge is 0.226 e. The lowest BCUT2D eigenvalue weighted by Crippen LogP contribution is -2.35. The van der Waals surface area contributed by atoms with Crippen LogP contribution in [0, 0.1) is 22.2 Å². The van der Waals surface area contributed by atoms with Gasteiger partial charge in [-0.1, -0.05) is 48.5 Å². The molecule has 3 spiro atoms. The molecule has 2 aromatic carbocycles. The van der Waals surface area contributed by atoms with Crippen molar-refractivity contribution in [3.8, 4) is 22.8 Å². The Hall–Kier alpha value is -2.26. The van der Waals surface area contributed by atoms with Crippen molar-refractivity contribution in [2.45, 2.75) is 37.5 Å². The molecule has 0 aliphatic heterocycles. The molecule has 0 amide bonds. The van der Waals surface area contributed by atoms with E-state index in [1.807, 2.05) is 30.3 Å². The van der Waals surface area contributed by atoms with Gasteiger partial charge < -0.3 is 0 Å². The van der Waals surface area contributed by atoms with Crippen LogP contribution in [-0.2, 0) is 5.41 Å². The molecule has 2 bridgehead atoms. The molecule has 0 radical (unpaired) electrons. The maximum absolute atomic E-state index is 6.29. The van der Waals surface area contributed by atoms with Gasteiger partial charge in [-0.05, 0) is 82.9 Å². The van der Waals surface area contributed by atoms with E-state index in [-0.39, 0.29) is 5.28 Å². The number of halogens is 1. The minimum absolute atomic E-state index is 0.249. The Morgan fingerprint density at radius 2 is 1.55 bits per heavy atom. The van der Waals surface area contributed by atoms with E-state index >= 15 is 0 Å². The predicted molar refractivity (Wildman–Crippen MR) is 111 cm³/mol. The van der Waals surface area contributed by atoms with Gasteiger partial charge in [-0.15, -0.1) is 0 Å². The first-order chi connectivity index (χ1) is 14.1. The van der Waals surface area contributed by atoms with Crippen molar-refractivity contribution in [3.05, 3.63) is 65.4 Å². The summed E-state index contributed by atoms with van der Waals surface area (Å²) in [7, 11) is 0. The maximum atomic E-state index is 6.29. The van der Waals surface area contributed by atoms with Gasteiger partial charge in [0.25, 0.3) is 0 Å². The van der Waals surface area contributed by atoms with Crippen molar-refractivity contribution in [3.63, 3.8) is 0 Å². The molecule has 5 atom stereocenters. The van der Waals surface area contributed by atoms with Crippen LogP contribution in [0.5, 0.6) is 0 Å². The van der Waals surface area contributed by atoms with Crippen molar-refractivity contribution in [1.82, 2.24) is 15.0 Å². The fraction of sp³-hybridized carbons (Fsp3) is 0.400. The quantitative estimate of drug-likeness (QED) is 0.569. The van der Waals surface area contributed by atoms with E-state index < -0.39 is 0 Å². The van der Waals surface area contributed by atoms with E-state index in [9.17, 15) is 0 Å². The first-order valence-corrected chi connectivity index (χ1v) is 11.1. The van der Waals surface area contributed by atoms with Crippen LogP contribution in [0.15, 0.2) is 54.6 Å². The highest BCUT2D eigenvalue weighted by Crippen LogP contribution is 3.15. The monoisotopic (exact) mass is 397 g/mol. The van der Waals surface area contributed by atoms with Crippen LogP contribution in [0.4, 0.5) is 0 Å². The second-order valence-corrected chi connectivity index (χ2v) is 10.6. The summed E-state index contributed by atoms with van der Waals surface area (Å²) in [6.45, 7) is 0. The lowest BCUT2D eigenvalue weighted by atomic mass is 9.62. The molecule has 1 aromatic heterocycles. The zero-order valence-corrected chi connectivity index (χ0v) is 16.8. The Morgan fingerprint density at radius 1 is 0.759 bits per heavy atom. The molecule has 142 valence electrons. The molecule has 5 aliphatic carbocycles. The molecule has 29 heavy (non-hydrogen) atoms. The smallest absolute Gasteiger partial charge is 0.208 e. The van der Waals surface area contributed by atoms with E-state index in [0.29, 0.717) is 17.1 Å². The van der Waals surface area contributed by atoms with Gasteiger partial charge in [0, 0.05) is 11.1 Å². The first kappa shape index (κ1) is 15.6. The van der Waals surface area contributed by atoms with Crippen molar-refractivity contribution in [2.24, 2.45) is 22.2 Å². The van der Waals surface area contributed by atoms with Gasteiger partial charge in [-0.3, -0.25) is 0 Å². The third-order valence-electron chi connectivity index (χ3n) is 9.60. The van der Waals surface area contributed by atoms with Crippen LogP contribution in [-0.4, -0.2) is 15.0 Å². The predicted octanol–water partition coefficient (Wildman–Crippen LogP) is 5.69. The maximum Gasteiger partial charge on any atom is 0.226 e. The highest BCUT2D eigenvalue weighted by atomic mass is 35.5. The minimum Gasteiger partial charge on any atom is -0.208 e. The average molecular weight is 398 g/mol. The first-order valence-electron chi connectivity index (χ1n) is 10.7. The summed E-state index contributed by atoms with van der Waals surface area (Å²) in [5.74, 6) is 2.30. The molecule has 4 heteroatoms. The number of rotatable bonds is 3. The minimum atomic E-state index is 0.249. The normalized spacial score (nSPS) is 41.5. The summed E-state index contributed by atoms with van der Waals surface area (Å²) in [6.07, 6.45) is 7.31. The Bertz CT molecular complexity index is 1240. The molecule has 5 saturated carbocycles. The van der Waals surface area contributed by atoms with Crippen LogP contribution in [0.1, 0.15) is 37.7 Å². The third kappa shape index (κ3) is 1.49. The molecule has 1 heterocycles. The van der Waals surface area contributed by atoms with E-state index in [2.05, 4.69) is 34.2 Å². The number of benzene rings is 2. The van der Waals surface area contributed by atoms with E-state index in [1.54, 1.807) is 0 Å². The van der Waals surface area contributed by atoms with Crippen LogP contribution in [0.3, 0.4) is 0 Å². The number of hydrogen-bond acceptors (Lipinski definition) is 3. The topological polar surface area (TPSA) is 38.7 Å². The highest BCUT2D eigenvalue weighted by Gasteiger charge is 3.10. The van der Waals surface area contributed by atoms with Gasteiger partial charge in [0.05, 0.1) is 0 Å². The Kier molecular flexibility index (Phi) is 2.37. The number of hydrogen-bond donors (Lipinski definition) is 0. The van der Waals surface area contributed by atoms with Gasteiger partial charge in [-0.25, -0.2) is 4.98 Å². The van der Waals surface area contributed by atoms with Crippen LogP contribution in [0.25, 0.3) is 22.8 Å². The van der Waals surface area contributed by atoms with Crippen LogP contribution in [0.2, 0.25) is 5.28 Å². The average Bonchev–Trinajstić information content (AvgIpc) is 3.38. The van der Waals surface area contributed by atoms with Crippen molar-refractivity contribution >= 4 is 11.6 Å². The van der Waals surface area contributed by atoms with Gasteiger partial charge in [0.2, 0.25) is 5.28 Å². The summed E-state index contributed by atoms with van der Waals surface area (Å²) in [4.78, 5) is 13.6. The summed E-state index contributed by atoms with van der Waals surface area (Å²) in [5, 5.41) is 0.249. The van der Waals surface area contributed by atoms with E-state index in [0.717, 1.165) is 33.3 Å². The summed E-state index contributed by atoms with van der Waals surface area (Å²) in [6, 6.07) is 19.0. The Balaban J connectivity index is 1.21. The zero-order valence-electron chi connectivity index (χ0n) is 16.0. The molecule has 5 fully saturated rings. The lowest BCUT2D eigenvalue weighted by molar-refractivity contribution is 0.0699. The molecule has 5 aliphatic rings. The van der Waals surface area contributed by atoms with Gasteiger partial charge >= 0.3 is 0 Å². The Morgan fingerprint density at radius 3 is 2.34 bits per heavy atom. The Labute approximate surface area is 174 Å². The molecule has 0 saturated heterocycles. The van der Waals surface area contributed by atoms with Crippen molar-refractivity contribution < 1.29 is 0 Å². The third-order valence-corrected chi connectivity index (χ3v) is 9.77. The molecule has 4 unspecified atom stereocenters. The molecular formula is C25H20ClN3. The fourth-order valence-corrected chi connectivity index (χ4v) is 8.91. The lowest BCUT2D eigenvalue weighted by Gasteiger charge is -2.41.